The average Bonchev–Trinajstić information content (AvgIpc) is 2.93. The fraction of sp³-hybridized carbons (Fsp3) is 0.167. The molecule has 0 aromatic heterocycles. The maximum Gasteiger partial charge on any atom is 0.332 e. The Labute approximate surface area is 141 Å². The van der Waals surface area contributed by atoms with Crippen LogP contribution in [0.4, 0.5) is 4.79 Å². The van der Waals surface area contributed by atoms with E-state index in [0.717, 1.165) is 15.4 Å². The first kappa shape index (κ1) is 16.3. The van der Waals surface area contributed by atoms with Crippen molar-refractivity contribution in [2.45, 2.75) is 23.9 Å². The van der Waals surface area contributed by atoms with Gasteiger partial charge in [-0.2, -0.15) is 0 Å². The SMILES string of the molecule is C=C[C@@H]1[C@H](c2ccccc2)NC(=O)N1S(=O)(=O)c1ccc(C)cc1. The molecule has 0 spiro atoms. The minimum absolute atomic E-state index is 0.0869. The second-order valence-electron chi connectivity index (χ2n) is 5.68. The molecule has 2 aromatic rings. The van der Waals surface area contributed by atoms with Gasteiger partial charge in [-0.1, -0.05) is 54.1 Å². The molecule has 6 heteroatoms. The minimum atomic E-state index is -3.96. The zero-order valence-electron chi connectivity index (χ0n) is 13.2. The Morgan fingerprint density at radius 3 is 2.29 bits per heavy atom. The number of hydrogen-bond acceptors (Lipinski definition) is 3. The summed E-state index contributed by atoms with van der Waals surface area (Å²) < 4.78 is 26.7. The molecule has 124 valence electrons. The van der Waals surface area contributed by atoms with Crippen molar-refractivity contribution < 1.29 is 13.2 Å². The zero-order valence-corrected chi connectivity index (χ0v) is 14.0. The molecule has 1 fully saturated rings. The van der Waals surface area contributed by atoms with Crippen LogP contribution in [0.2, 0.25) is 0 Å². The summed E-state index contributed by atoms with van der Waals surface area (Å²) in [4.78, 5) is 12.5. The minimum Gasteiger partial charge on any atom is -0.328 e. The standard InChI is InChI=1S/C18H18N2O3S/c1-3-16-17(14-7-5-4-6-8-14)19-18(21)20(16)24(22,23)15-11-9-13(2)10-12-15/h3-12,16-17H,1H2,2H3,(H,19,21)/t16-,17+/m1/s1. The van der Waals surface area contributed by atoms with Crippen LogP contribution in [-0.4, -0.2) is 24.8 Å². The fourth-order valence-corrected chi connectivity index (χ4v) is 4.33. The van der Waals surface area contributed by atoms with Crippen LogP contribution in [0.25, 0.3) is 0 Å². The number of urea groups is 1. The predicted molar refractivity (Wildman–Crippen MR) is 91.9 cm³/mol. The molecule has 2 aromatic carbocycles. The Balaban J connectivity index is 2.02. The van der Waals surface area contributed by atoms with Gasteiger partial charge in [0.1, 0.15) is 0 Å². The van der Waals surface area contributed by atoms with Gasteiger partial charge in [0.2, 0.25) is 0 Å². The molecule has 0 radical (unpaired) electrons. The van der Waals surface area contributed by atoms with E-state index in [9.17, 15) is 13.2 Å². The van der Waals surface area contributed by atoms with E-state index in [-0.39, 0.29) is 4.90 Å². The van der Waals surface area contributed by atoms with Gasteiger partial charge in [0.25, 0.3) is 10.0 Å². The first-order chi connectivity index (χ1) is 11.4. The molecule has 24 heavy (non-hydrogen) atoms. The summed E-state index contributed by atoms with van der Waals surface area (Å²) in [6.07, 6.45) is 1.49. The van der Waals surface area contributed by atoms with E-state index in [0.29, 0.717) is 0 Å². The number of carbonyl (C=O) groups is 1. The number of amides is 2. The van der Waals surface area contributed by atoms with Gasteiger partial charge >= 0.3 is 6.03 Å². The lowest BCUT2D eigenvalue weighted by Crippen LogP contribution is -2.38. The van der Waals surface area contributed by atoms with Crippen LogP contribution >= 0.6 is 0 Å². The maximum absolute atomic E-state index is 12.9. The summed E-state index contributed by atoms with van der Waals surface area (Å²) in [5, 5.41) is 2.75. The number of nitrogens with one attached hydrogen (secondary N) is 1. The molecule has 3 rings (SSSR count). The second-order valence-corrected chi connectivity index (χ2v) is 7.49. The summed E-state index contributed by atoms with van der Waals surface area (Å²) >= 11 is 0. The van der Waals surface area contributed by atoms with E-state index >= 15 is 0 Å². The van der Waals surface area contributed by atoms with Crippen molar-refractivity contribution in [3.63, 3.8) is 0 Å². The molecule has 0 saturated carbocycles. The molecule has 1 aliphatic rings. The summed E-state index contributed by atoms with van der Waals surface area (Å²) in [7, 11) is -3.96. The maximum atomic E-state index is 12.9. The molecule has 2 atom stereocenters. The summed E-state index contributed by atoms with van der Waals surface area (Å²) in [5.74, 6) is 0. The number of nitrogens with zero attached hydrogens (tertiary/aromatic N) is 1. The van der Waals surface area contributed by atoms with Gasteiger partial charge in [0.05, 0.1) is 17.0 Å². The molecule has 5 nitrogen and oxygen atoms in total. The molecule has 2 amide bonds. The van der Waals surface area contributed by atoms with Gasteiger partial charge in [0.15, 0.2) is 0 Å². The molecular weight excluding hydrogens is 324 g/mol. The molecule has 0 aliphatic carbocycles. The van der Waals surface area contributed by atoms with Crippen molar-refractivity contribution in [1.29, 1.82) is 0 Å². The highest BCUT2D eigenvalue weighted by Crippen LogP contribution is 2.32. The Kier molecular flexibility index (Phi) is 4.15. The molecule has 0 unspecified atom stereocenters. The first-order valence-electron chi connectivity index (χ1n) is 7.54. The monoisotopic (exact) mass is 342 g/mol. The molecule has 1 aliphatic heterocycles. The zero-order chi connectivity index (χ0) is 17.3. The van der Waals surface area contributed by atoms with Gasteiger partial charge in [-0.25, -0.2) is 17.5 Å². The summed E-state index contributed by atoms with van der Waals surface area (Å²) in [6.45, 7) is 5.60. The van der Waals surface area contributed by atoms with Gasteiger partial charge in [0, 0.05) is 0 Å². The van der Waals surface area contributed by atoms with E-state index in [1.165, 1.54) is 18.2 Å². The van der Waals surface area contributed by atoms with E-state index in [4.69, 9.17) is 0 Å². The van der Waals surface area contributed by atoms with Gasteiger partial charge in [-0.3, -0.25) is 0 Å². The van der Waals surface area contributed by atoms with Crippen LogP contribution in [0.1, 0.15) is 17.2 Å². The smallest absolute Gasteiger partial charge is 0.328 e. The van der Waals surface area contributed by atoms with Crippen LogP contribution in [0.3, 0.4) is 0 Å². The van der Waals surface area contributed by atoms with E-state index in [1.807, 2.05) is 37.3 Å². The molecule has 0 bridgehead atoms. The number of rotatable bonds is 4. The quantitative estimate of drug-likeness (QED) is 0.869. The average molecular weight is 342 g/mol. The fourth-order valence-electron chi connectivity index (χ4n) is 2.82. The topological polar surface area (TPSA) is 66.5 Å². The van der Waals surface area contributed by atoms with Crippen molar-refractivity contribution in [2.24, 2.45) is 0 Å². The predicted octanol–water partition coefficient (Wildman–Crippen LogP) is 3.00. The molecule has 1 heterocycles. The van der Waals surface area contributed by atoms with Crippen LogP contribution in [0, 0.1) is 6.92 Å². The van der Waals surface area contributed by atoms with Crippen molar-refractivity contribution in [3.05, 3.63) is 78.4 Å². The van der Waals surface area contributed by atoms with Crippen molar-refractivity contribution in [2.75, 3.05) is 0 Å². The van der Waals surface area contributed by atoms with Crippen LogP contribution in [0.5, 0.6) is 0 Å². The van der Waals surface area contributed by atoms with Crippen molar-refractivity contribution in [1.82, 2.24) is 9.62 Å². The number of hydrogen-bond donors (Lipinski definition) is 1. The Morgan fingerprint density at radius 1 is 1.08 bits per heavy atom. The van der Waals surface area contributed by atoms with Gasteiger partial charge < -0.3 is 5.32 Å². The van der Waals surface area contributed by atoms with Crippen molar-refractivity contribution in [3.8, 4) is 0 Å². The van der Waals surface area contributed by atoms with Gasteiger partial charge in [-0.05, 0) is 24.6 Å². The van der Waals surface area contributed by atoms with Crippen LogP contribution in [0.15, 0.2) is 72.1 Å². The second kappa shape index (κ2) is 6.13. The lowest BCUT2D eigenvalue weighted by Gasteiger charge is -2.23. The van der Waals surface area contributed by atoms with Crippen molar-refractivity contribution >= 4 is 16.1 Å². The third-order valence-corrected chi connectivity index (χ3v) is 5.86. The number of sulfonamides is 1. The number of aryl methyl sites for hydroxylation is 1. The van der Waals surface area contributed by atoms with Crippen LogP contribution in [-0.2, 0) is 10.0 Å². The Hall–Kier alpha value is -2.60. The Morgan fingerprint density at radius 2 is 1.71 bits per heavy atom. The third kappa shape index (κ3) is 2.69. The molecular formula is C18H18N2O3S. The lowest BCUT2D eigenvalue weighted by molar-refractivity contribution is 0.233. The molecule has 1 saturated heterocycles. The van der Waals surface area contributed by atoms with Crippen LogP contribution < -0.4 is 5.32 Å². The highest BCUT2D eigenvalue weighted by molar-refractivity contribution is 7.89. The summed E-state index contributed by atoms with van der Waals surface area (Å²) in [5.41, 5.74) is 1.78. The highest BCUT2D eigenvalue weighted by Gasteiger charge is 2.45. The summed E-state index contributed by atoms with van der Waals surface area (Å²) in [6, 6.07) is 13.9. The normalized spacial score (nSPS) is 20.7. The highest BCUT2D eigenvalue weighted by atomic mass is 32.2. The van der Waals surface area contributed by atoms with E-state index in [2.05, 4.69) is 11.9 Å². The lowest BCUT2D eigenvalue weighted by atomic mass is 10.0. The van der Waals surface area contributed by atoms with E-state index in [1.54, 1.807) is 12.1 Å². The van der Waals surface area contributed by atoms with E-state index < -0.39 is 28.1 Å². The van der Waals surface area contributed by atoms with Gasteiger partial charge in [-0.15, -0.1) is 6.58 Å². The number of benzene rings is 2. The largest absolute Gasteiger partial charge is 0.332 e. The number of carbonyl (C=O) groups excluding carboxylic acids is 1. The Bertz CT molecular complexity index is 861. The third-order valence-electron chi connectivity index (χ3n) is 4.07. The first-order valence-corrected chi connectivity index (χ1v) is 8.98. The molecule has 1 N–H and O–H groups in total.